The lowest BCUT2D eigenvalue weighted by atomic mass is 10.1. The van der Waals surface area contributed by atoms with Crippen LogP contribution in [0.1, 0.15) is 18.1 Å². The van der Waals surface area contributed by atoms with Gasteiger partial charge < -0.3 is 5.73 Å². The van der Waals surface area contributed by atoms with Crippen molar-refractivity contribution in [2.75, 3.05) is 25.6 Å². The van der Waals surface area contributed by atoms with Crippen molar-refractivity contribution in [1.29, 1.82) is 0 Å². The molecule has 2 nitrogen and oxygen atoms in total. The van der Waals surface area contributed by atoms with Gasteiger partial charge in [-0.25, -0.2) is 4.39 Å². The summed E-state index contributed by atoms with van der Waals surface area (Å²) in [6.45, 7) is 3.18. The van der Waals surface area contributed by atoms with Crippen molar-refractivity contribution in [2.24, 2.45) is 5.73 Å². The molecule has 4 heteroatoms. The van der Waals surface area contributed by atoms with E-state index in [-0.39, 0.29) is 12.4 Å². The van der Waals surface area contributed by atoms with E-state index >= 15 is 0 Å². The first kappa shape index (κ1) is 16.0. The highest BCUT2D eigenvalue weighted by Gasteiger charge is 2.09. The molecule has 0 spiro atoms. The van der Waals surface area contributed by atoms with E-state index in [4.69, 9.17) is 5.73 Å². The van der Waals surface area contributed by atoms with Crippen molar-refractivity contribution in [2.45, 2.75) is 19.5 Å². The van der Waals surface area contributed by atoms with Crippen molar-refractivity contribution in [1.82, 2.24) is 4.90 Å². The number of nitrogens with two attached hydrogens (primary N) is 1. The number of halogens is 1. The molecule has 0 fully saturated rings. The molecule has 104 valence electrons. The van der Waals surface area contributed by atoms with Gasteiger partial charge in [0.25, 0.3) is 0 Å². The van der Waals surface area contributed by atoms with Crippen LogP contribution in [0, 0.1) is 17.7 Å². The van der Waals surface area contributed by atoms with E-state index in [1.54, 1.807) is 6.07 Å². The van der Waals surface area contributed by atoms with Crippen molar-refractivity contribution in [3.05, 3.63) is 35.1 Å². The molecule has 0 bridgehead atoms. The number of benzene rings is 1. The average molecular weight is 280 g/mol. The van der Waals surface area contributed by atoms with Crippen LogP contribution in [-0.2, 0) is 6.54 Å². The van der Waals surface area contributed by atoms with E-state index < -0.39 is 0 Å². The van der Waals surface area contributed by atoms with Gasteiger partial charge in [-0.05, 0) is 44.0 Å². The maximum Gasteiger partial charge on any atom is 0.124 e. The molecule has 0 saturated carbocycles. The molecule has 0 heterocycles. The molecule has 1 aromatic rings. The molecule has 0 aliphatic carbocycles. The molecule has 0 amide bonds. The van der Waals surface area contributed by atoms with Crippen LogP contribution < -0.4 is 5.73 Å². The minimum Gasteiger partial charge on any atom is -0.320 e. The zero-order valence-electron chi connectivity index (χ0n) is 11.7. The van der Waals surface area contributed by atoms with E-state index in [1.165, 1.54) is 6.07 Å². The van der Waals surface area contributed by atoms with E-state index in [0.29, 0.717) is 11.6 Å². The second kappa shape index (κ2) is 8.21. The van der Waals surface area contributed by atoms with Crippen LogP contribution in [0.25, 0.3) is 0 Å². The van der Waals surface area contributed by atoms with Gasteiger partial charge >= 0.3 is 0 Å². The highest BCUT2D eigenvalue weighted by Crippen LogP contribution is 2.13. The maximum atomic E-state index is 13.5. The standard InChI is InChI=1S/C15H21FN2S/c1-12(11-19-3)18(2)10-14-7-13(5-4-6-17)8-15(16)9-14/h7-9,12H,6,10-11,17H2,1-3H3. The quantitative estimate of drug-likeness (QED) is 0.839. The molecule has 0 aliphatic heterocycles. The fourth-order valence-corrected chi connectivity index (χ4v) is 2.52. The predicted octanol–water partition coefficient (Wildman–Crippen LogP) is 2.32. The van der Waals surface area contributed by atoms with Crippen molar-refractivity contribution < 1.29 is 4.39 Å². The molecule has 1 aromatic carbocycles. The molecular weight excluding hydrogens is 259 g/mol. The Kier molecular flexibility index (Phi) is 6.93. The molecule has 1 atom stereocenters. The SMILES string of the molecule is CSCC(C)N(C)Cc1cc(F)cc(C#CCN)c1. The van der Waals surface area contributed by atoms with Crippen molar-refractivity contribution in [3.8, 4) is 11.8 Å². The Labute approximate surface area is 119 Å². The number of hydrogen-bond acceptors (Lipinski definition) is 3. The van der Waals surface area contributed by atoms with E-state index in [9.17, 15) is 4.39 Å². The smallest absolute Gasteiger partial charge is 0.124 e. The zero-order chi connectivity index (χ0) is 14.3. The monoisotopic (exact) mass is 280 g/mol. The maximum absolute atomic E-state index is 13.5. The summed E-state index contributed by atoms with van der Waals surface area (Å²) in [6.07, 6.45) is 2.09. The van der Waals surface area contributed by atoms with Crippen LogP contribution in [0.2, 0.25) is 0 Å². The van der Waals surface area contributed by atoms with Crippen molar-refractivity contribution in [3.63, 3.8) is 0 Å². The fourth-order valence-electron chi connectivity index (χ4n) is 1.78. The number of nitrogens with zero attached hydrogens (tertiary/aromatic N) is 1. The third-order valence-corrected chi connectivity index (χ3v) is 3.70. The zero-order valence-corrected chi connectivity index (χ0v) is 12.6. The van der Waals surface area contributed by atoms with E-state index in [1.807, 2.05) is 17.8 Å². The van der Waals surface area contributed by atoms with E-state index in [0.717, 1.165) is 17.9 Å². The Morgan fingerprint density at radius 2 is 2.16 bits per heavy atom. The normalized spacial score (nSPS) is 12.1. The van der Waals surface area contributed by atoms with Gasteiger partial charge in [0.05, 0.1) is 6.54 Å². The lowest BCUT2D eigenvalue weighted by Gasteiger charge is -2.24. The summed E-state index contributed by atoms with van der Waals surface area (Å²) in [5.41, 5.74) is 6.96. The summed E-state index contributed by atoms with van der Waals surface area (Å²) < 4.78 is 13.5. The van der Waals surface area contributed by atoms with Crippen LogP contribution in [0.3, 0.4) is 0 Å². The Balaban J connectivity index is 2.80. The van der Waals surface area contributed by atoms with Gasteiger partial charge in [-0.2, -0.15) is 11.8 Å². The average Bonchev–Trinajstić information content (AvgIpc) is 2.36. The van der Waals surface area contributed by atoms with Crippen molar-refractivity contribution >= 4 is 11.8 Å². The summed E-state index contributed by atoms with van der Waals surface area (Å²) in [5.74, 6) is 6.44. The van der Waals surface area contributed by atoms with Gasteiger partial charge in [-0.3, -0.25) is 4.90 Å². The van der Waals surface area contributed by atoms with Gasteiger partial charge in [0, 0.05) is 23.9 Å². The second-order valence-corrected chi connectivity index (χ2v) is 5.48. The third-order valence-electron chi connectivity index (χ3n) is 2.88. The number of thioether (sulfide) groups is 1. The first-order valence-electron chi connectivity index (χ1n) is 6.24. The molecule has 0 radical (unpaired) electrons. The Bertz CT molecular complexity index is 465. The molecule has 19 heavy (non-hydrogen) atoms. The lowest BCUT2D eigenvalue weighted by Crippen LogP contribution is -2.30. The highest BCUT2D eigenvalue weighted by atomic mass is 32.2. The van der Waals surface area contributed by atoms with Crippen LogP contribution in [0.5, 0.6) is 0 Å². The molecule has 0 aromatic heterocycles. The summed E-state index contributed by atoms with van der Waals surface area (Å²) in [7, 11) is 2.05. The van der Waals surface area contributed by atoms with Gasteiger partial charge in [0.1, 0.15) is 5.82 Å². The highest BCUT2D eigenvalue weighted by molar-refractivity contribution is 7.98. The molecule has 2 N–H and O–H groups in total. The molecule has 1 unspecified atom stereocenters. The first-order chi connectivity index (χ1) is 9.06. The van der Waals surface area contributed by atoms with Crippen LogP contribution in [0.15, 0.2) is 18.2 Å². The lowest BCUT2D eigenvalue weighted by molar-refractivity contribution is 0.269. The Hall–Kier alpha value is -1.02. The summed E-state index contributed by atoms with van der Waals surface area (Å²) in [4.78, 5) is 2.21. The summed E-state index contributed by atoms with van der Waals surface area (Å²) in [5, 5.41) is 0. The third kappa shape index (κ3) is 5.65. The van der Waals surface area contributed by atoms with Crippen LogP contribution in [0.4, 0.5) is 4.39 Å². The van der Waals surface area contributed by atoms with Crippen LogP contribution in [-0.4, -0.2) is 36.5 Å². The Morgan fingerprint density at radius 3 is 2.79 bits per heavy atom. The van der Waals surface area contributed by atoms with Crippen LogP contribution >= 0.6 is 11.8 Å². The molecule has 0 saturated heterocycles. The van der Waals surface area contributed by atoms with Gasteiger partial charge in [0.15, 0.2) is 0 Å². The number of hydrogen-bond donors (Lipinski definition) is 1. The fraction of sp³-hybridized carbons (Fsp3) is 0.467. The topological polar surface area (TPSA) is 29.3 Å². The molecule has 0 aliphatic rings. The van der Waals surface area contributed by atoms with E-state index in [2.05, 4.69) is 37.0 Å². The first-order valence-corrected chi connectivity index (χ1v) is 7.63. The van der Waals surface area contributed by atoms with Gasteiger partial charge in [-0.15, -0.1) is 0 Å². The van der Waals surface area contributed by atoms with Gasteiger partial charge in [0.2, 0.25) is 0 Å². The summed E-state index contributed by atoms with van der Waals surface area (Å²) in [6, 6.07) is 5.39. The molecular formula is C15H21FN2S. The minimum atomic E-state index is -0.246. The largest absolute Gasteiger partial charge is 0.320 e. The Morgan fingerprint density at radius 1 is 1.42 bits per heavy atom. The second-order valence-electron chi connectivity index (χ2n) is 4.57. The number of rotatable bonds is 5. The minimum absolute atomic E-state index is 0.246. The molecule has 1 rings (SSSR count). The predicted molar refractivity (Wildman–Crippen MR) is 81.6 cm³/mol. The van der Waals surface area contributed by atoms with Gasteiger partial charge in [-0.1, -0.05) is 11.8 Å². The summed E-state index contributed by atoms with van der Waals surface area (Å²) >= 11 is 1.81.